The molecule has 2 N–H and O–H groups in total. The van der Waals surface area contributed by atoms with Gasteiger partial charge in [0.15, 0.2) is 0 Å². The number of hydrogen-bond acceptors (Lipinski definition) is 3. The molecule has 1 aliphatic carbocycles. The van der Waals surface area contributed by atoms with Crippen LogP contribution in [0, 0.1) is 5.92 Å². The van der Waals surface area contributed by atoms with Gasteiger partial charge in [-0.25, -0.2) is 0 Å². The number of fused-ring (bicyclic) bond motifs is 3. The number of rotatable bonds is 2. The summed E-state index contributed by atoms with van der Waals surface area (Å²) in [4.78, 5) is 13.9. The summed E-state index contributed by atoms with van der Waals surface area (Å²) in [5.41, 5.74) is 4.19. The molecule has 2 aromatic rings. The maximum Gasteiger partial charge on any atom is 0.253 e. The lowest BCUT2D eigenvalue weighted by atomic mass is 9.76. The number of amides is 1. The molecule has 0 fully saturated rings. The molecule has 0 aromatic heterocycles. The van der Waals surface area contributed by atoms with Gasteiger partial charge in [-0.3, -0.25) is 4.79 Å². The van der Waals surface area contributed by atoms with Crippen molar-refractivity contribution in [2.45, 2.75) is 18.4 Å². The second kappa shape index (κ2) is 5.96. The molecule has 0 spiro atoms. The monoisotopic (exact) mass is 334 g/mol. The van der Waals surface area contributed by atoms with Gasteiger partial charge in [0.25, 0.3) is 5.91 Å². The Morgan fingerprint density at radius 3 is 2.64 bits per heavy atom. The maximum absolute atomic E-state index is 12.3. The van der Waals surface area contributed by atoms with E-state index in [0.29, 0.717) is 11.8 Å². The van der Waals surface area contributed by atoms with E-state index in [-0.39, 0.29) is 17.7 Å². The van der Waals surface area contributed by atoms with Crippen molar-refractivity contribution in [2.24, 2.45) is 5.92 Å². The molecule has 4 heteroatoms. The Kier molecular flexibility index (Phi) is 3.75. The van der Waals surface area contributed by atoms with E-state index in [1.54, 1.807) is 31.1 Å². The minimum absolute atomic E-state index is 0.0296. The molecule has 0 radical (unpaired) electrons. The summed E-state index contributed by atoms with van der Waals surface area (Å²) < 4.78 is 0. The Labute approximate surface area is 147 Å². The van der Waals surface area contributed by atoms with Gasteiger partial charge in [0.2, 0.25) is 0 Å². The number of allylic oxidation sites excluding steroid dienone is 2. The van der Waals surface area contributed by atoms with E-state index in [1.807, 2.05) is 30.3 Å². The molecule has 0 bridgehead atoms. The van der Waals surface area contributed by atoms with Crippen LogP contribution in [0.4, 0.5) is 5.69 Å². The number of phenols is 1. The van der Waals surface area contributed by atoms with Gasteiger partial charge in [-0.1, -0.05) is 24.3 Å². The molecular formula is C21H22N2O2. The van der Waals surface area contributed by atoms with Crippen LogP contribution in [0.2, 0.25) is 0 Å². The Morgan fingerprint density at radius 2 is 1.92 bits per heavy atom. The van der Waals surface area contributed by atoms with Gasteiger partial charge >= 0.3 is 0 Å². The predicted molar refractivity (Wildman–Crippen MR) is 98.9 cm³/mol. The number of carbonyl (C=O) groups is 1. The van der Waals surface area contributed by atoms with Gasteiger partial charge in [0.05, 0.1) is 6.04 Å². The summed E-state index contributed by atoms with van der Waals surface area (Å²) in [5.74, 6) is 1.04. The van der Waals surface area contributed by atoms with Crippen molar-refractivity contribution in [3.05, 3.63) is 71.3 Å². The van der Waals surface area contributed by atoms with Crippen molar-refractivity contribution in [1.82, 2.24) is 4.90 Å². The fraction of sp³-hybridized carbons (Fsp3) is 0.286. The molecule has 1 aliphatic heterocycles. The molecule has 2 aromatic carbocycles. The Bertz CT molecular complexity index is 839. The summed E-state index contributed by atoms with van der Waals surface area (Å²) in [6, 6.07) is 13.6. The summed E-state index contributed by atoms with van der Waals surface area (Å²) >= 11 is 0. The minimum Gasteiger partial charge on any atom is -0.508 e. The molecule has 4 rings (SSSR count). The first-order valence-electron chi connectivity index (χ1n) is 8.62. The van der Waals surface area contributed by atoms with Crippen molar-refractivity contribution in [3.63, 3.8) is 0 Å². The molecule has 4 nitrogen and oxygen atoms in total. The van der Waals surface area contributed by atoms with Crippen LogP contribution in [0.5, 0.6) is 5.75 Å². The fourth-order valence-electron chi connectivity index (χ4n) is 4.00. The van der Waals surface area contributed by atoms with Crippen LogP contribution < -0.4 is 5.32 Å². The summed E-state index contributed by atoms with van der Waals surface area (Å²) in [6.45, 7) is 0. The van der Waals surface area contributed by atoms with Gasteiger partial charge in [-0.05, 0) is 53.8 Å². The third-order valence-corrected chi connectivity index (χ3v) is 5.27. The number of nitrogens with zero attached hydrogens (tertiary/aromatic N) is 1. The normalized spacial score (nSPS) is 23.5. The quantitative estimate of drug-likeness (QED) is 0.819. The number of carbonyl (C=O) groups excluding carboxylic acids is 1. The molecule has 2 aliphatic rings. The first kappa shape index (κ1) is 15.8. The first-order chi connectivity index (χ1) is 12.0. The molecular weight excluding hydrogens is 312 g/mol. The minimum atomic E-state index is 0.0296. The zero-order valence-corrected chi connectivity index (χ0v) is 14.4. The number of hydrogen-bond donors (Lipinski definition) is 2. The van der Waals surface area contributed by atoms with Crippen molar-refractivity contribution in [2.75, 3.05) is 19.4 Å². The SMILES string of the molecule is CN(C)C(=O)c1ccc2c(c1)C1C=CCC1C(c1ccc(O)cc1)N2. The third kappa shape index (κ3) is 2.68. The highest BCUT2D eigenvalue weighted by atomic mass is 16.3. The number of nitrogens with one attached hydrogen (secondary N) is 1. The highest BCUT2D eigenvalue weighted by Gasteiger charge is 2.38. The van der Waals surface area contributed by atoms with Crippen LogP contribution in [0.15, 0.2) is 54.6 Å². The summed E-state index contributed by atoms with van der Waals surface area (Å²) in [7, 11) is 3.55. The zero-order chi connectivity index (χ0) is 17.6. The van der Waals surface area contributed by atoms with E-state index in [1.165, 1.54) is 11.1 Å². The molecule has 3 unspecified atom stereocenters. The van der Waals surface area contributed by atoms with Gasteiger partial charge in [0, 0.05) is 31.3 Å². The largest absolute Gasteiger partial charge is 0.508 e. The van der Waals surface area contributed by atoms with Gasteiger partial charge < -0.3 is 15.3 Å². The van der Waals surface area contributed by atoms with E-state index < -0.39 is 0 Å². The van der Waals surface area contributed by atoms with E-state index in [4.69, 9.17) is 0 Å². The van der Waals surface area contributed by atoms with E-state index in [0.717, 1.165) is 17.7 Å². The number of anilines is 1. The van der Waals surface area contributed by atoms with Gasteiger partial charge in [0.1, 0.15) is 5.75 Å². The molecule has 25 heavy (non-hydrogen) atoms. The standard InChI is InChI=1S/C21H22N2O2/c1-23(2)21(25)14-8-11-19-18(12-14)16-4-3-5-17(16)20(22-19)13-6-9-15(24)10-7-13/h3-4,6-12,16-17,20,22,24H,5H2,1-2H3. The lowest BCUT2D eigenvalue weighted by Gasteiger charge is -2.37. The smallest absolute Gasteiger partial charge is 0.253 e. The van der Waals surface area contributed by atoms with Crippen LogP contribution >= 0.6 is 0 Å². The number of aromatic hydroxyl groups is 1. The molecule has 0 saturated carbocycles. The van der Waals surface area contributed by atoms with Crippen molar-refractivity contribution in [3.8, 4) is 5.75 Å². The molecule has 0 saturated heterocycles. The Morgan fingerprint density at radius 1 is 1.16 bits per heavy atom. The lowest BCUT2D eigenvalue weighted by molar-refractivity contribution is 0.0827. The van der Waals surface area contributed by atoms with Crippen LogP contribution in [-0.4, -0.2) is 30.0 Å². The highest BCUT2D eigenvalue weighted by molar-refractivity contribution is 5.94. The van der Waals surface area contributed by atoms with Crippen LogP contribution in [-0.2, 0) is 0 Å². The van der Waals surface area contributed by atoms with Crippen molar-refractivity contribution in [1.29, 1.82) is 0 Å². The third-order valence-electron chi connectivity index (χ3n) is 5.27. The first-order valence-corrected chi connectivity index (χ1v) is 8.62. The predicted octanol–water partition coefficient (Wildman–Crippen LogP) is 3.92. The average molecular weight is 334 g/mol. The summed E-state index contributed by atoms with van der Waals surface area (Å²) in [5, 5.41) is 13.2. The zero-order valence-electron chi connectivity index (χ0n) is 14.4. The Hall–Kier alpha value is -2.75. The molecule has 3 atom stereocenters. The van der Waals surface area contributed by atoms with E-state index >= 15 is 0 Å². The van der Waals surface area contributed by atoms with Gasteiger partial charge in [-0.2, -0.15) is 0 Å². The molecule has 128 valence electrons. The second-order valence-electron chi connectivity index (χ2n) is 7.07. The van der Waals surface area contributed by atoms with Crippen molar-refractivity contribution >= 4 is 11.6 Å². The fourth-order valence-corrected chi connectivity index (χ4v) is 4.00. The lowest BCUT2D eigenvalue weighted by Crippen LogP contribution is -2.29. The number of phenolic OH excluding ortho intramolecular Hbond substituents is 1. The topological polar surface area (TPSA) is 52.6 Å². The molecule has 1 heterocycles. The average Bonchev–Trinajstić information content (AvgIpc) is 3.10. The maximum atomic E-state index is 12.3. The van der Waals surface area contributed by atoms with Crippen LogP contribution in [0.1, 0.15) is 39.9 Å². The second-order valence-corrected chi connectivity index (χ2v) is 7.07. The Balaban J connectivity index is 1.73. The number of benzene rings is 2. The highest BCUT2D eigenvalue weighted by Crippen LogP contribution is 2.50. The molecule has 1 amide bonds. The van der Waals surface area contributed by atoms with Crippen molar-refractivity contribution < 1.29 is 9.90 Å². The van der Waals surface area contributed by atoms with Crippen LogP contribution in [0.25, 0.3) is 0 Å². The van der Waals surface area contributed by atoms with E-state index in [9.17, 15) is 9.90 Å². The summed E-state index contributed by atoms with van der Waals surface area (Å²) in [6.07, 6.45) is 5.51. The van der Waals surface area contributed by atoms with Crippen LogP contribution in [0.3, 0.4) is 0 Å². The van der Waals surface area contributed by atoms with Gasteiger partial charge in [-0.15, -0.1) is 0 Å². The van der Waals surface area contributed by atoms with E-state index in [2.05, 4.69) is 17.5 Å².